The van der Waals surface area contributed by atoms with Crippen LogP contribution in [0.4, 0.5) is 0 Å². The maximum absolute atomic E-state index is 3.78. The zero-order valence-electron chi connectivity index (χ0n) is 13.0. The summed E-state index contributed by atoms with van der Waals surface area (Å²) in [6.07, 6.45) is 4.41. The lowest BCUT2D eigenvalue weighted by atomic mass is 9.83. The Hall–Kier alpha value is -0.0800. The van der Waals surface area contributed by atoms with Crippen molar-refractivity contribution in [3.8, 4) is 0 Å². The van der Waals surface area contributed by atoms with Crippen LogP contribution in [-0.2, 0) is 0 Å². The van der Waals surface area contributed by atoms with E-state index in [1.807, 2.05) is 0 Å². The maximum Gasteiger partial charge on any atom is 0.0244 e. The summed E-state index contributed by atoms with van der Waals surface area (Å²) in [4.78, 5) is 2.77. The average Bonchev–Trinajstić information content (AvgIpc) is 3.08. The van der Waals surface area contributed by atoms with E-state index in [4.69, 9.17) is 0 Å². The minimum atomic E-state index is 0.375. The lowest BCUT2D eigenvalue weighted by molar-refractivity contribution is 0.0612. The molecule has 1 saturated carbocycles. The summed E-state index contributed by atoms with van der Waals surface area (Å²) >= 11 is 0. The third-order valence-corrected chi connectivity index (χ3v) is 4.80. The second-order valence-electron chi connectivity index (χ2n) is 7.87. The fraction of sp³-hybridized carbons (Fsp3) is 1.00. The standard InChI is InChI=1S/C16H32N2/c1-12(2)14-10-17-15(16(3,4)5)11-18(14)9-8-13-6-7-13/h12-15,17H,6-11H2,1-5H3. The Labute approximate surface area is 114 Å². The molecule has 0 aromatic heterocycles. The molecule has 2 aliphatic rings. The zero-order chi connectivity index (χ0) is 13.3. The first-order valence-corrected chi connectivity index (χ1v) is 7.85. The predicted molar refractivity (Wildman–Crippen MR) is 78.8 cm³/mol. The fourth-order valence-electron chi connectivity index (χ4n) is 3.08. The highest BCUT2D eigenvalue weighted by Gasteiger charge is 2.35. The number of nitrogens with one attached hydrogen (secondary N) is 1. The van der Waals surface area contributed by atoms with Crippen LogP contribution in [-0.4, -0.2) is 36.6 Å². The normalized spacial score (nSPS) is 31.0. The smallest absolute Gasteiger partial charge is 0.0244 e. The van der Waals surface area contributed by atoms with Crippen molar-refractivity contribution in [1.82, 2.24) is 10.2 Å². The van der Waals surface area contributed by atoms with Gasteiger partial charge in [-0.15, -0.1) is 0 Å². The Bertz CT molecular complexity index is 263. The molecular weight excluding hydrogens is 220 g/mol. The molecule has 2 nitrogen and oxygen atoms in total. The molecule has 1 aliphatic heterocycles. The molecule has 0 aromatic carbocycles. The molecule has 0 radical (unpaired) electrons. The van der Waals surface area contributed by atoms with Crippen LogP contribution >= 0.6 is 0 Å². The minimum absolute atomic E-state index is 0.375. The first kappa shape index (κ1) is 14.3. The molecule has 0 bridgehead atoms. The van der Waals surface area contributed by atoms with Crippen molar-refractivity contribution >= 4 is 0 Å². The van der Waals surface area contributed by atoms with Crippen LogP contribution in [0.25, 0.3) is 0 Å². The largest absolute Gasteiger partial charge is 0.311 e. The van der Waals surface area contributed by atoms with Crippen molar-refractivity contribution in [3.05, 3.63) is 0 Å². The number of hydrogen-bond acceptors (Lipinski definition) is 2. The molecule has 1 heterocycles. The summed E-state index contributed by atoms with van der Waals surface area (Å²) in [6, 6.07) is 1.38. The molecule has 0 amide bonds. The van der Waals surface area contributed by atoms with Crippen LogP contribution in [0.3, 0.4) is 0 Å². The van der Waals surface area contributed by atoms with Gasteiger partial charge in [-0.2, -0.15) is 0 Å². The summed E-state index contributed by atoms with van der Waals surface area (Å²) in [7, 11) is 0. The van der Waals surface area contributed by atoms with Crippen molar-refractivity contribution in [2.75, 3.05) is 19.6 Å². The van der Waals surface area contributed by atoms with Gasteiger partial charge in [-0.1, -0.05) is 47.5 Å². The molecule has 1 N–H and O–H groups in total. The molecule has 2 fully saturated rings. The minimum Gasteiger partial charge on any atom is -0.311 e. The molecular formula is C16H32N2. The summed E-state index contributed by atoms with van der Waals surface area (Å²) in [5, 5.41) is 3.78. The van der Waals surface area contributed by atoms with Crippen molar-refractivity contribution in [1.29, 1.82) is 0 Å². The Balaban J connectivity index is 1.93. The van der Waals surface area contributed by atoms with Gasteiger partial charge in [0.1, 0.15) is 0 Å². The van der Waals surface area contributed by atoms with Crippen LogP contribution in [0.2, 0.25) is 0 Å². The quantitative estimate of drug-likeness (QED) is 0.827. The van der Waals surface area contributed by atoms with Gasteiger partial charge in [0.05, 0.1) is 0 Å². The molecule has 1 saturated heterocycles. The highest BCUT2D eigenvalue weighted by Crippen LogP contribution is 2.33. The van der Waals surface area contributed by atoms with Crippen LogP contribution in [0.15, 0.2) is 0 Å². The van der Waals surface area contributed by atoms with E-state index in [1.54, 1.807) is 0 Å². The van der Waals surface area contributed by atoms with Gasteiger partial charge in [0.2, 0.25) is 0 Å². The topological polar surface area (TPSA) is 15.3 Å². The van der Waals surface area contributed by atoms with Crippen molar-refractivity contribution in [2.24, 2.45) is 17.3 Å². The fourth-order valence-corrected chi connectivity index (χ4v) is 3.08. The number of rotatable bonds is 4. The van der Waals surface area contributed by atoms with Gasteiger partial charge >= 0.3 is 0 Å². The van der Waals surface area contributed by atoms with Crippen molar-refractivity contribution in [2.45, 2.75) is 66.0 Å². The van der Waals surface area contributed by atoms with E-state index in [1.165, 1.54) is 38.9 Å². The van der Waals surface area contributed by atoms with Crippen molar-refractivity contribution in [3.63, 3.8) is 0 Å². The first-order chi connectivity index (χ1) is 8.38. The van der Waals surface area contributed by atoms with Crippen LogP contribution in [0.5, 0.6) is 0 Å². The number of nitrogens with zero attached hydrogens (tertiary/aromatic N) is 1. The maximum atomic E-state index is 3.78. The summed E-state index contributed by atoms with van der Waals surface area (Å²) < 4.78 is 0. The van der Waals surface area contributed by atoms with Gasteiger partial charge in [0.15, 0.2) is 0 Å². The van der Waals surface area contributed by atoms with E-state index < -0.39 is 0 Å². The SMILES string of the molecule is CC(C)C1CNC(C(C)(C)C)CN1CCC1CC1. The van der Waals surface area contributed by atoms with E-state index >= 15 is 0 Å². The van der Waals surface area contributed by atoms with E-state index in [0.717, 1.165) is 17.9 Å². The van der Waals surface area contributed by atoms with Gasteiger partial charge in [0.25, 0.3) is 0 Å². The average molecular weight is 252 g/mol. The van der Waals surface area contributed by atoms with Gasteiger partial charge in [-0.3, -0.25) is 4.90 Å². The Kier molecular flexibility index (Phi) is 4.38. The first-order valence-electron chi connectivity index (χ1n) is 7.85. The summed E-state index contributed by atoms with van der Waals surface area (Å²) in [5.74, 6) is 1.82. The Morgan fingerprint density at radius 1 is 1.22 bits per heavy atom. The van der Waals surface area contributed by atoms with Crippen molar-refractivity contribution < 1.29 is 0 Å². The number of hydrogen-bond donors (Lipinski definition) is 1. The highest BCUT2D eigenvalue weighted by atomic mass is 15.2. The second-order valence-corrected chi connectivity index (χ2v) is 7.87. The lowest BCUT2D eigenvalue weighted by Crippen LogP contribution is -2.61. The monoisotopic (exact) mass is 252 g/mol. The molecule has 2 rings (SSSR count). The molecule has 1 aliphatic carbocycles. The van der Waals surface area contributed by atoms with Gasteiger partial charge in [-0.25, -0.2) is 0 Å². The molecule has 2 heteroatoms. The molecule has 0 aromatic rings. The van der Waals surface area contributed by atoms with Crippen LogP contribution < -0.4 is 5.32 Å². The predicted octanol–water partition coefficient (Wildman–Crippen LogP) is 3.13. The Morgan fingerprint density at radius 3 is 2.39 bits per heavy atom. The Morgan fingerprint density at radius 2 is 1.89 bits per heavy atom. The summed E-state index contributed by atoms with van der Waals surface area (Å²) in [6.45, 7) is 15.5. The third-order valence-electron chi connectivity index (χ3n) is 4.80. The van der Waals surface area contributed by atoms with Gasteiger partial charge < -0.3 is 5.32 Å². The number of piperazine rings is 1. The molecule has 106 valence electrons. The second kappa shape index (κ2) is 5.50. The molecule has 2 atom stereocenters. The highest BCUT2D eigenvalue weighted by molar-refractivity contribution is 4.93. The zero-order valence-corrected chi connectivity index (χ0v) is 13.0. The van der Waals surface area contributed by atoms with E-state index in [-0.39, 0.29) is 0 Å². The lowest BCUT2D eigenvalue weighted by Gasteiger charge is -2.46. The molecule has 0 spiro atoms. The van der Waals surface area contributed by atoms with Gasteiger partial charge in [0, 0.05) is 25.2 Å². The van der Waals surface area contributed by atoms with Crippen LogP contribution in [0, 0.1) is 17.3 Å². The van der Waals surface area contributed by atoms with E-state index in [0.29, 0.717) is 11.5 Å². The molecule has 18 heavy (non-hydrogen) atoms. The summed E-state index contributed by atoms with van der Waals surface area (Å²) in [5.41, 5.74) is 0.375. The van der Waals surface area contributed by atoms with Gasteiger partial charge in [-0.05, 0) is 30.2 Å². The third kappa shape index (κ3) is 3.71. The van der Waals surface area contributed by atoms with Crippen LogP contribution in [0.1, 0.15) is 53.9 Å². The molecule has 2 unspecified atom stereocenters. The van der Waals surface area contributed by atoms with E-state index in [2.05, 4.69) is 44.8 Å². The van der Waals surface area contributed by atoms with E-state index in [9.17, 15) is 0 Å².